The van der Waals surface area contributed by atoms with Crippen LogP contribution in [-0.2, 0) is 4.79 Å². The molecule has 0 aromatic heterocycles. The fourth-order valence-corrected chi connectivity index (χ4v) is 3.08. The highest BCUT2D eigenvalue weighted by atomic mass is 35.5. The van der Waals surface area contributed by atoms with Crippen molar-refractivity contribution < 1.29 is 13.9 Å². The minimum Gasteiger partial charge on any atom is -0.490 e. The van der Waals surface area contributed by atoms with Gasteiger partial charge in [0.25, 0.3) is 0 Å². The van der Waals surface area contributed by atoms with Crippen molar-refractivity contribution in [1.82, 2.24) is 5.32 Å². The van der Waals surface area contributed by atoms with Gasteiger partial charge < -0.3 is 20.7 Å². The smallest absolute Gasteiger partial charge is 0.243 e. The van der Waals surface area contributed by atoms with Crippen LogP contribution in [0.2, 0.25) is 5.02 Å². The van der Waals surface area contributed by atoms with E-state index in [-0.39, 0.29) is 23.6 Å². The quantitative estimate of drug-likeness (QED) is 0.697. The molecule has 0 radical (unpaired) electrons. The summed E-state index contributed by atoms with van der Waals surface area (Å²) in [6.07, 6.45) is 2.14. The second-order valence-corrected chi connectivity index (χ2v) is 6.98. The molecular weight excluding hydrogens is 369 g/mol. The molecule has 1 aliphatic heterocycles. The Morgan fingerprint density at radius 1 is 1.26 bits per heavy atom. The van der Waals surface area contributed by atoms with Crippen LogP contribution in [0.25, 0.3) is 0 Å². The number of hydrogen-bond donors (Lipinski definition) is 3. The lowest BCUT2D eigenvalue weighted by molar-refractivity contribution is -0.114. The van der Waals surface area contributed by atoms with Crippen molar-refractivity contribution in [3.8, 4) is 5.75 Å². The molecule has 0 aliphatic carbocycles. The van der Waals surface area contributed by atoms with E-state index in [1.807, 2.05) is 25.1 Å². The number of benzene rings is 2. The van der Waals surface area contributed by atoms with Crippen molar-refractivity contribution in [1.29, 1.82) is 0 Å². The monoisotopic (exact) mass is 391 g/mol. The number of aryl methyl sites for hydroxylation is 1. The Morgan fingerprint density at radius 2 is 2.04 bits per heavy atom. The number of hydrogen-bond acceptors (Lipinski definition) is 4. The SMILES string of the molecule is Cc1ccc(OC2CCNCC2)cc1NC(=O)CNc1ccc(F)c(Cl)c1. The molecule has 144 valence electrons. The van der Waals surface area contributed by atoms with Crippen LogP contribution in [0, 0.1) is 12.7 Å². The Bertz CT molecular complexity index is 810. The summed E-state index contributed by atoms with van der Waals surface area (Å²) < 4.78 is 19.2. The second-order valence-electron chi connectivity index (χ2n) is 6.57. The van der Waals surface area contributed by atoms with E-state index in [1.165, 1.54) is 18.2 Å². The molecule has 1 fully saturated rings. The first kappa shape index (κ1) is 19.5. The molecule has 0 atom stereocenters. The van der Waals surface area contributed by atoms with E-state index in [4.69, 9.17) is 16.3 Å². The summed E-state index contributed by atoms with van der Waals surface area (Å²) in [5.41, 5.74) is 2.24. The number of amides is 1. The topological polar surface area (TPSA) is 62.4 Å². The molecule has 1 saturated heterocycles. The maximum Gasteiger partial charge on any atom is 0.243 e. The fourth-order valence-electron chi connectivity index (χ4n) is 2.90. The number of carbonyl (C=O) groups is 1. The lowest BCUT2D eigenvalue weighted by Crippen LogP contribution is -2.34. The number of carbonyl (C=O) groups excluding carboxylic acids is 1. The summed E-state index contributed by atoms with van der Waals surface area (Å²) in [6, 6.07) is 9.94. The maximum absolute atomic E-state index is 13.2. The van der Waals surface area contributed by atoms with E-state index in [1.54, 1.807) is 0 Å². The third-order valence-electron chi connectivity index (χ3n) is 4.44. The highest BCUT2D eigenvalue weighted by Crippen LogP contribution is 2.24. The van der Waals surface area contributed by atoms with Crippen molar-refractivity contribution in [2.24, 2.45) is 0 Å². The van der Waals surface area contributed by atoms with Gasteiger partial charge in [0.15, 0.2) is 0 Å². The number of ether oxygens (including phenoxy) is 1. The van der Waals surface area contributed by atoms with Crippen molar-refractivity contribution >= 4 is 28.9 Å². The molecule has 0 bridgehead atoms. The molecule has 3 rings (SSSR count). The van der Waals surface area contributed by atoms with Crippen molar-refractivity contribution in [3.05, 3.63) is 52.8 Å². The van der Waals surface area contributed by atoms with Gasteiger partial charge in [0, 0.05) is 17.4 Å². The predicted octanol–water partition coefficient (Wildman–Crippen LogP) is 3.97. The number of halogens is 2. The maximum atomic E-state index is 13.2. The molecule has 5 nitrogen and oxygen atoms in total. The molecule has 1 aliphatic rings. The molecule has 2 aromatic rings. The summed E-state index contributed by atoms with van der Waals surface area (Å²) in [5.74, 6) is 0.0477. The highest BCUT2D eigenvalue weighted by molar-refractivity contribution is 6.31. The van der Waals surface area contributed by atoms with Crippen LogP contribution in [-0.4, -0.2) is 31.6 Å². The van der Waals surface area contributed by atoms with E-state index < -0.39 is 5.82 Å². The van der Waals surface area contributed by atoms with E-state index in [0.29, 0.717) is 11.4 Å². The zero-order valence-corrected chi connectivity index (χ0v) is 15.9. The van der Waals surface area contributed by atoms with Crippen LogP contribution >= 0.6 is 11.6 Å². The third-order valence-corrected chi connectivity index (χ3v) is 4.73. The molecule has 1 heterocycles. The van der Waals surface area contributed by atoms with E-state index in [9.17, 15) is 9.18 Å². The van der Waals surface area contributed by atoms with Gasteiger partial charge >= 0.3 is 0 Å². The molecule has 3 N–H and O–H groups in total. The van der Waals surface area contributed by atoms with Crippen molar-refractivity contribution in [2.45, 2.75) is 25.9 Å². The Balaban J connectivity index is 1.57. The van der Waals surface area contributed by atoms with Gasteiger partial charge in [-0.15, -0.1) is 0 Å². The third kappa shape index (κ3) is 5.58. The van der Waals surface area contributed by atoms with Gasteiger partial charge in [0.2, 0.25) is 5.91 Å². The summed E-state index contributed by atoms with van der Waals surface area (Å²) >= 11 is 5.74. The van der Waals surface area contributed by atoms with Gasteiger partial charge in [-0.3, -0.25) is 4.79 Å². The number of piperidine rings is 1. The van der Waals surface area contributed by atoms with E-state index in [0.717, 1.165) is 37.2 Å². The highest BCUT2D eigenvalue weighted by Gasteiger charge is 2.15. The zero-order valence-electron chi connectivity index (χ0n) is 15.1. The summed E-state index contributed by atoms with van der Waals surface area (Å²) in [4.78, 5) is 12.3. The minimum atomic E-state index is -0.493. The average molecular weight is 392 g/mol. The van der Waals surface area contributed by atoms with Crippen LogP contribution < -0.4 is 20.7 Å². The van der Waals surface area contributed by atoms with Crippen LogP contribution in [0.1, 0.15) is 18.4 Å². The van der Waals surface area contributed by atoms with Crippen LogP contribution in [0.4, 0.5) is 15.8 Å². The van der Waals surface area contributed by atoms with Crippen LogP contribution in [0.3, 0.4) is 0 Å². The minimum absolute atomic E-state index is 0.0130. The van der Waals surface area contributed by atoms with Gasteiger partial charge in [-0.2, -0.15) is 0 Å². The molecule has 7 heteroatoms. The summed E-state index contributed by atoms with van der Waals surface area (Å²) in [5, 5.41) is 9.14. The van der Waals surface area contributed by atoms with Gasteiger partial charge in [-0.25, -0.2) is 4.39 Å². The average Bonchev–Trinajstić information content (AvgIpc) is 2.66. The van der Waals surface area contributed by atoms with Gasteiger partial charge in [-0.1, -0.05) is 17.7 Å². The van der Waals surface area contributed by atoms with E-state index in [2.05, 4.69) is 16.0 Å². The van der Waals surface area contributed by atoms with Crippen molar-refractivity contribution in [3.63, 3.8) is 0 Å². The standard InChI is InChI=1S/C20H23ClFN3O2/c1-13-2-4-16(27-15-6-8-23-9-7-15)11-19(13)25-20(26)12-24-14-3-5-18(22)17(21)10-14/h2-5,10-11,15,23-24H,6-9,12H2,1H3,(H,25,26). The lowest BCUT2D eigenvalue weighted by Gasteiger charge is -2.24. The van der Waals surface area contributed by atoms with E-state index >= 15 is 0 Å². The molecular formula is C20H23ClFN3O2. The Kier molecular flexibility index (Phi) is 6.53. The molecule has 0 unspecified atom stereocenters. The Morgan fingerprint density at radius 3 is 2.78 bits per heavy atom. The second kappa shape index (κ2) is 9.06. The molecule has 27 heavy (non-hydrogen) atoms. The van der Waals surface area contributed by atoms with Gasteiger partial charge in [0.1, 0.15) is 17.7 Å². The normalized spacial score (nSPS) is 14.6. The first-order valence-electron chi connectivity index (χ1n) is 8.98. The lowest BCUT2D eigenvalue weighted by atomic mass is 10.1. The molecule has 0 spiro atoms. The van der Waals surface area contributed by atoms with Crippen LogP contribution in [0.15, 0.2) is 36.4 Å². The Labute approximate surface area is 163 Å². The van der Waals surface area contributed by atoms with Gasteiger partial charge in [-0.05, 0) is 62.7 Å². The van der Waals surface area contributed by atoms with Crippen LogP contribution in [0.5, 0.6) is 5.75 Å². The zero-order chi connectivity index (χ0) is 19.2. The number of rotatable bonds is 6. The molecule has 1 amide bonds. The largest absolute Gasteiger partial charge is 0.490 e. The number of anilines is 2. The van der Waals surface area contributed by atoms with Gasteiger partial charge in [0.05, 0.1) is 11.6 Å². The fraction of sp³-hybridized carbons (Fsp3) is 0.350. The summed E-state index contributed by atoms with van der Waals surface area (Å²) in [6.45, 7) is 3.89. The predicted molar refractivity (Wildman–Crippen MR) is 106 cm³/mol. The number of nitrogens with one attached hydrogen (secondary N) is 3. The van der Waals surface area contributed by atoms with Crippen molar-refractivity contribution in [2.75, 3.05) is 30.3 Å². The first-order valence-corrected chi connectivity index (χ1v) is 9.36. The first-order chi connectivity index (χ1) is 13.0. The Hall–Kier alpha value is -2.31. The molecule has 0 saturated carbocycles. The molecule has 2 aromatic carbocycles. The summed E-state index contributed by atoms with van der Waals surface area (Å²) in [7, 11) is 0.